The summed E-state index contributed by atoms with van der Waals surface area (Å²) in [7, 11) is 1.25. The van der Waals surface area contributed by atoms with Gasteiger partial charge < -0.3 is 14.9 Å². The Bertz CT molecular complexity index is 818. The van der Waals surface area contributed by atoms with E-state index in [0.717, 1.165) is 28.1 Å². The van der Waals surface area contributed by atoms with Crippen LogP contribution in [0.25, 0.3) is 17.2 Å². The monoisotopic (exact) mass is 373 g/mol. The van der Waals surface area contributed by atoms with Gasteiger partial charge in [0.25, 0.3) is 0 Å². The summed E-state index contributed by atoms with van der Waals surface area (Å²) < 4.78 is 17.7. The van der Waals surface area contributed by atoms with Crippen molar-refractivity contribution < 1.29 is 24.1 Å². The maximum Gasteiger partial charge on any atom is 0.308 e. The average molecular weight is 373 g/mol. The standard InChI is InChI=1S/C21H24FNO4/c1-13-10-20(15-4-6-16(22)7-5-15)19(14(2)23-13)9-8-17(24)11-18(25)12-21(26)27-3/h4-10,17-18,24-25H,11-12H2,1-3H3/b9-8+/t17-,18-/m1/s1. The van der Waals surface area contributed by atoms with Crippen LogP contribution in [0.5, 0.6) is 0 Å². The van der Waals surface area contributed by atoms with Crippen LogP contribution in [-0.2, 0) is 9.53 Å². The molecule has 1 aromatic heterocycles. The maximum absolute atomic E-state index is 13.2. The first kappa shape index (κ1) is 20.7. The Labute approximate surface area is 158 Å². The van der Waals surface area contributed by atoms with Crippen molar-refractivity contribution in [1.82, 2.24) is 4.98 Å². The number of methoxy groups -OCH3 is 1. The van der Waals surface area contributed by atoms with Gasteiger partial charge in [0.15, 0.2) is 0 Å². The Balaban J connectivity index is 2.23. The van der Waals surface area contributed by atoms with Crippen LogP contribution in [0.4, 0.5) is 4.39 Å². The molecule has 2 N–H and O–H groups in total. The van der Waals surface area contributed by atoms with Gasteiger partial charge in [-0.15, -0.1) is 0 Å². The summed E-state index contributed by atoms with van der Waals surface area (Å²) in [6, 6.07) is 8.07. The van der Waals surface area contributed by atoms with E-state index in [0.29, 0.717) is 0 Å². The molecule has 0 fully saturated rings. The first-order chi connectivity index (χ1) is 12.8. The summed E-state index contributed by atoms with van der Waals surface area (Å²) >= 11 is 0. The van der Waals surface area contributed by atoms with E-state index in [9.17, 15) is 19.4 Å². The molecule has 1 aromatic carbocycles. The fourth-order valence-electron chi connectivity index (χ4n) is 2.84. The van der Waals surface area contributed by atoms with Gasteiger partial charge in [-0.1, -0.05) is 24.3 Å². The zero-order valence-electron chi connectivity index (χ0n) is 15.6. The number of halogens is 1. The summed E-state index contributed by atoms with van der Waals surface area (Å²) in [5.74, 6) is -0.843. The van der Waals surface area contributed by atoms with E-state index in [1.807, 2.05) is 19.9 Å². The zero-order chi connectivity index (χ0) is 20.0. The normalized spacial score (nSPS) is 13.6. The van der Waals surface area contributed by atoms with Crippen LogP contribution in [-0.4, -0.2) is 40.5 Å². The predicted octanol–water partition coefficient (Wildman–Crippen LogP) is 3.19. The topological polar surface area (TPSA) is 79.7 Å². The zero-order valence-corrected chi connectivity index (χ0v) is 15.6. The Kier molecular flexibility index (Phi) is 7.21. The van der Waals surface area contributed by atoms with Gasteiger partial charge >= 0.3 is 5.97 Å². The molecule has 0 saturated carbocycles. The number of benzene rings is 1. The predicted molar refractivity (Wildman–Crippen MR) is 101 cm³/mol. The molecule has 2 atom stereocenters. The smallest absolute Gasteiger partial charge is 0.308 e. The second-order valence-corrected chi connectivity index (χ2v) is 6.41. The first-order valence-corrected chi connectivity index (χ1v) is 8.65. The van der Waals surface area contributed by atoms with Gasteiger partial charge in [-0.25, -0.2) is 4.39 Å². The number of carbonyl (C=O) groups excluding carboxylic acids is 1. The molecule has 0 aliphatic heterocycles. The number of hydrogen-bond donors (Lipinski definition) is 2. The molecule has 0 radical (unpaired) electrons. The van der Waals surface area contributed by atoms with E-state index >= 15 is 0 Å². The first-order valence-electron chi connectivity index (χ1n) is 8.65. The van der Waals surface area contributed by atoms with E-state index in [4.69, 9.17) is 0 Å². The highest BCUT2D eigenvalue weighted by Crippen LogP contribution is 2.28. The Morgan fingerprint density at radius 1 is 1.26 bits per heavy atom. The molecule has 0 unspecified atom stereocenters. The van der Waals surface area contributed by atoms with Gasteiger partial charge in [-0.3, -0.25) is 9.78 Å². The van der Waals surface area contributed by atoms with E-state index < -0.39 is 18.2 Å². The van der Waals surface area contributed by atoms with E-state index in [-0.39, 0.29) is 18.7 Å². The van der Waals surface area contributed by atoms with Crippen LogP contribution >= 0.6 is 0 Å². The van der Waals surface area contributed by atoms with Crippen molar-refractivity contribution in [3.8, 4) is 11.1 Å². The van der Waals surface area contributed by atoms with Crippen LogP contribution in [0, 0.1) is 19.7 Å². The Morgan fingerprint density at radius 2 is 1.93 bits per heavy atom. The van der Waals surface area contributed by atoms with Crippen molar-refractivity contribution in [3.05, 3.63) is 59.2 Å². The molecule has 1 heterocycles. The lowest BCUT2D eigenvalue weighted by Crippen LogP contribution is -2.20. The molecule has 0 amide bonds. The molecule has 0 spiro atoms. The highest BCUT2D eigenvalue weighted by Gasteiger charge is 2.15. The summed E-state index contributed by atoms with van der Waals surface area (Å²) in [6.45, 7) is 3.74. The highest BCUT2D eigenvalue weighted by atomic mass is 19.1. The minimum absolute atomic E-state index is 0.00974. The van der Waals surface area contributed by atoms with Crippen molar-refractivity contribution in [2.75, 3.05) is 7.11 Å². The van der Waals surface area contributed by atoms with E-state index in [2.05, 4.69) is 9.72 Å². The third kappa shape index (κ3) is 5.98. The van der Waals surface area contributed by atoms with Crippen molar-refractivity contribution in [3.63, 3.8) is 0 Å². The molecular weight excluding hydrogens is 349 g/mol. The van der Waals surface area contributed by atoms with E-state index in [1.165, 1.54) is 19.2 Å². The molecule has 0 bridgehead atoms. The van der Waals surface area contributed by atoms with Crippen molar-refractivity contribution in [1.29, 1.82) is 0 Å². The van der Waals surface area contributed by atoms with Crippen LogP contribution in [0.15, 0.2) is 36.4 Å². The molecule has 5 nitrogen and oxygen atoms in total. The molecule has 0 aliphatic carbocycles. The van der Waals surface area contributed by atoms with Crippen LogP contribution in [0.3, 0.4) is 0 Å². The average Bonchev–Trinajstić information content (AvgIpc) is 2.60. The molecular formula is C21H24FNO4. The number of aryl methyl sites for hydroxylation is 2. The number of ether oxygens (including phenoxy) is 1. The fourth-order valence-corrected chi connectivity index (χ4v) is 2.84. The van der Waals surface area contributed by atoms with E-state index in [1.54, 1.807) is 24.3 Å². The Hall–Kier alpha value is -2.57. The molecule has 144 valence electrons. The largest absolute Gasteiger partial charge is 0.469 e. The van der Waals surface area contributed by atoms with Gasteiger partial charge in [0.05, 0.1) is 25.7 Å². The van der Waals surface area contributed by atoms with Crippen LogP contribution in [0.2, 0.25) is 0 Å². The van der Waals surface area contributed by atoms with Gasteiger partial charge in [-0.05, 0) is 43.2 Å². The lowest BCUT2D eigenvalue weighted by Gasteiger charge is -2.13. The number of pyridine rings is 1. The van der Waals surface area contributed by atoms with Gasteiger partial charge in [0, 0.05) is 23.4 Å². The second kappa shape index (κ2) is 9.39. The van der Waals surface area contributed by atoms with Gasteiger partial charge in [0.1, 0.15) is 5.82 Å². The maximum atomic E-state index is 13.2. The number of carbonyl (C=O) groups is 1. The summed E-state index contributed by atoms with van der Waals surface area (Å²) in [5.41, 5.74) is 4.11. The lowest BCUT2D eigenvalue weighted by molar-refractivity contribution is -0.143. The number of nitrogens with zero attached hydrogens (tertiary/aromatic N) is 1. The van der Waals surface area contributed by atoms with Crippen LogP contribution < -0.4 is 0 Å². The quantitative estimate of drug-likeness (QED) is 0.729. The van der Waals surface area contributed by atoms with Crippen molar-refractivity contribution in [2.24, 2.45) is 0 Å². The number of hydrogen-bond acceptors (Lipinski definition) is 5. The summed E-state index contributed by atoms with van der Waals surface area (Å²) in [5, 5.41) is 20.0. The van der Waals surface area contributed by atoms with Gasteiger partial charge in [0.2, 0.25) is 0 Å². The molecule has 2 rings (SSSR count). The molecule has 0 aliphatic rings. The third-order valence-corrected chi connectivity index (χ3v) is 4.16. The SMILES string of the molecule is COC(=O)C[C@H](O)C[C@H](O)/C=C/c1c(-c2ccc(F)cc2)cc(C)nc1C. The van der Waals surface area contributed by atoms with Crippen LogP contribution in [0.1, 0.15) is 29.8 Å². The minimum atomic E-state index is -0.995. The fraction of sp³-hybridized carbons (Fsp3) is 0.333. The second-order valence-electron chi connectivity index (χ2n) is 6.41. The van der Waals surface area contributed by atoms with Gasteiger partial charge in [-0.2, -0.15) is 0 Å². The molecule has 27 heavy (non-hydrogen) atoms. The number of aromatic nitrogens is 1. The number of aliphatic hydroxyl groups is 2. The number of esters is 1. The number of aliphatic hydroxyl groups excluding tert-OH is 2. The summed E-state index contributed by atoms with van der Waals surface area (Å²) in [6.07, 6.45) is 1.18. The van der Waals surface area contributed by atoms with Crippen molar-refractivity contribution >= 4 is 12.0 Å². The van der Waals surface area contributed by atoms with Crippen molar-refractivity contribution in [2.45, 2.75) is 38.9 Å². The highest BCUT2D eigenvalue weighted by molar-refractivity contribution is 5.76. The molecule has 6 heteroatoms. The number of rotatable bonds is 7. The molecule has 0 saturated heterocycles. The Morgan fingerprint density at radius 3 is 2.56 bits per heavy atom. The molecule has 2 aromatic rings. The lowest BCUT2D eigenvalue weighted by atomic mass is 9.97. The third-order valence-electron chi connectivity index (χ3n) is 4.16. The summed E-state index contributed by atoms with van der Waals surface area (Å²) in [4.78, 5) is 15.6. The minimum Gasteiger partial charge on any atom is -0.469 e.